The molecule has 0 saturated carbocycles. The number of anilines is 1. The van der Waals surface area contributed by atoms with Crippen molar-refractivity contribution in [1.82, 2.24) is 4.57 Å². The van der Waals surface area contributed by atoms with E-state index in [1.54, 1.807) is 11.8 Å². The average Bonchev–Trinajstić information content (AvgIpc) is 2.89. The van der Waals surface area contributed by atoms with Crippen LogP contribution in [-0.4, -0.2) is 22.8 Å². The summed E-state index contributed by atoms with van der Waals surface area (Å²) in [5.74, 6) is 0.0305. The molecule has 4 nitrogen and oxygen atoms in total. The van der Waals surface area contributed by atoms with E-state index in [9.17, 15) is 9.59 Å². The second-order valence-electron chi connectivity index (χ2n) is 6.09. The van der Waals surface area contributed by atoms with E-state index in [0.29, 0.717) is 12.1 Å². The Labute approximate surface area is 147 Å². The first-order chi connectivity index (χ1) is 12.0. The maximum atomic E-state index is 12.9. The van der Waals surface area contributed by atoms with Gasteiger partial charge in [-0.25, -0.2) is 0 Å². The van der Waals surface area contributed by atoms with E-state index in [-0.39, 0.29) is 18.2 Å². The average molecular weight is 334 g/mol. The summed E-state index contributed by atoms with van der Waals surface area (Å²) in [7, 11) is 0. The predicted molar refractivity (Wildman–Crippen MR) is 101 cm³/mol. The third-order valence-electron chi connectivity index (χ3n) is 4.56. The number of fused-ring (bicyclic) bond motifs is 1. The number of amides is 1. The molecule has 2 aromatic carbocycles. The van der Waals surface area contributed by atoms with Gasteiger partial charge in [0.2, 0.25) is 5.91 Å². The Morgan fingerprint density at radius 2 is 1.64 bits per heavy atom. The molecular weight excluding hydrogens is 312 g/mol. The number of hydrogen-bond donors (Lipinski definition) is 0. The molecular formula is C21H22N2O2. The molecule has 1 aromatic heterocycles. The van der Waals surface area contributed by atoms with Crippen LogP contribution in [0.5, 0.6) is 0 Å². The van der Waals surface area contributed by atoms with Crippen molar-refractivity contribution < 1.29 is 9.59 Å². The minimum atomic E-state index is 0.00709. The highest BCUT2D eigenvalue weighted by molar-refractivity contribution is 6.09. The van der Waals surface area contributed by atoms with Crippen molar-refractivity contribution in [1.29, 1.82) is 0 Å². The van der Waals surface area contributed by atoms with Crippen molar-refractivity contribution in [3.05, 3.63) is 65.9 Å². The molecule has 0 N–H and O–H groups in total. The van der Waals surface area contributed by atoms with E-state index in [1.807, 2.05) is 73.0 Å². The largest absolute Gasteiger partial charge is 0.335 e. The Hall–Kier alpha value is -2.88. The number of nitrogens with zero attached hydrogens (tertiary/aromatic N) is 2. The van der Waals surface area contributed by atoms with Gasteiger partial charge >= 0.3 is 0 Å². The highest BCUT2D eigenvalue weighted by Crippen LogP contribution is 2.26. The Kier molecular flexibility index (Phi) is 4.70. The van der Waals surface area contributed by atoms with E-state index in [2.05, 4.69) is 0 Å². The second-order valence-corrected chi connectivity index (χ2v) is 6.09. The summed E-state index contributed by atoms with van der Waals surface area (Å²) in [6.07, 6.45) is 0. The third-order valence-corrected chi connectivity index (χ3v) is 4.56. The Morgan fingerprint density at radius 3 is 2.28 bits per heavy atom. The van der Waals surface area contributed by atoms with Gasteiger partial charge < -0.3 is 9.47 Å². The van der Waals surface area contributed by atoms with Gasteiger partial charge in [-0.3, -0.25) is 9.59 Å². The molecule has 4 heteroatoms. The smallest absolute Gasteiger partial charge is 0.246 e. The van der Waals surface area contributed by atoms with Crippen molar-refractivity contribution in [2.45, 2.75) is 27.3 Å². The van der Waals surface area contributed by atoms with Gasteiger partial charge in [0.1, 0.15) is 6.54 Å². The SMILES string of the molecule is CCN(C(=O)Cn1c(C)c(C(C)=O)c2ccccc21)c1ccccc1. The molecule has 0 radical (unpaired) electrons. The number of para-hydroxylation sites is 2. The molecule has 0 atom stereocenters. The van der Waals surface area contributed by atoms with E-state index in [1.165, 1.54) is 0 Å². The number of hydrogen-bond acceptors (Lipinski definition) is 2. The lowest BCUT2D eigenvalue weighted by Crippen LogP contribution is -2.33. The zero-order chi connectivity index (χ0) is 18.0. The maximum absolute atomic E-state index is 12.9. The number of likely N-dealkylation sites (N-methyl/N-ethyl adjacent to an activating group) is 1. The van der Waals surface area contributed by atoms with Crippen LogP contribution in [-0.2, 0) is 11.3 Å². The predicted octanol–water partition coefficient (Wildman–Crippen LogP) is 4.21. The molecule has 1 amide bonds. The lowest BCUT2D eigenvalue weighted by Gasteiger charge is -2.22. The summed E-state index contributed by atoms with van der Waals surface area (Å²) in [5.41, 5.74) is 3.34. The van der Waals surface area contributed by atoms with Gasteiger partial charge in [-0.2, -0.15) is 0 Å². The van der Waals surface area contributed by atoms with E-state index in [4.69, 9.17) is 0 Å². The van der Waals surface area contributed by atoms with Crippen LogP contribution in [0.4, 0.5) is 5.69 Å². The van der Waals surface area contributed by atoms with E-state index >= 15 is 0 Å². The highest BCUT2D eigenvalue weighted by atomic mass is 16.2. The molecule has 128 valence electrons. The molecule has 0 aliphatic heterocycles. The van der Waals surface area contributed by atoms with E-state index < -0.39 is 0 Å². The molecule has 0 fully saturated rings. The summed E-state index contributed by atoms with van der Waals surface area (Å²) in [6, 6.07) is 17.4. The van der Waals surface area contributed by atoms with Crippen LogP contribution in [0.25, 0.3) is 10.9 Å². The van der Waals surface area contributed by atoms with Crippen LogP contribution in [0.2, 0.25) is 0 Å². The molecule has 0 aliphatic rings. The number of rotatable bonds is 5. The minimum absolute atomic E-state index is 0.00709. The van der Waals surface area contributed by atoms with Crippen LogP contribution in [0.3, 0.4) is 0 Å². The van der Waals surface area contributed by atoms with Crippen molar-refractivity contribution in [2.75, 3.05) is 11.4 Å². The molecule has 0 aliphatic carbocycles. The van der Waals surface area contributed by atoms with Gasteiger partial charge in [0.05, 0.1) is 0 Å². The number of benzene rings is 2. The van der Waals surface area contributed by atoms with Gasteiger partial charge in [0.15, 0.2) is 5.78 Å². The number of Topliss-reactive ketones (excluding diaryl/α,β-unsaturated/α-hetero) is 1. The molecule has 25 heavy (non-hydrogen) atoms. The quantitative estimate of drug-likeness (QED) is 0.656. The first-order valence-electron chi connectivity index (χ1n) is 8.48. The third kappa shape index (κ3) is 3.07. The Morgan fingerprint density at radius 1 is 1.00 bits per heavy atom. The highest BCUT2D eigenvalue weighted by Gasteiger charge is 2.21. The summed E-state index contributed by atoms with van der Waals surface area (Å²) in [6.45, 7) is 6.25. The normalized spacial score (nSPS) is 10.8. The lowest BCUT2D eigenvalue weighted by atomic mass is 10.1. The zero-order valence-corrected chi connectivity index (χ0v) is 14.8. The molecule has 3 aromatic rings. The van der Waals surface area contributed by atoms with Gasteiger partial charge in [-0.1, -0.05) is 36.4 Å². The fraction of sp³-hybridized carbons (Fsp3) is 0.238. The van der Waals surface area contributed by atoms with Crippen molar-refractivity contribution >= 4 is 28.3 Å². The van der Waals surface area contributed by atoms with Crippen molar-refractivity contribution in [2.24, 2.45) is 0 Å². The molecule has 0 spiro atoms. The number of carbonyl (C=O) groups excluding carboxylic acids is 2. The summed E-state index contributed by atoms with van der Waals surface area (Å²) >= 11 is 0. The van der Waals surface area contributed by atoms with Gasteiger partial charge in [0.25, 0.3) is 0 Å². The summed E-state index contributed by atoms with van der Waals surface area (Å²) in [4.78, 5) is 26.8. The number of carbonyl (C=O) groups is 2. The van der Waals surface area contributed by atoms with Gasteiger partial charge in [-0.15, -0.1) is 0 Å². The van der Waals surface area contributed by atoms with Gasteiger partial charge in [0, 0.05) is 34.4 Å². The van der Waals surface area contributed by atoms with Crippen molar-refractivity contribution in [3.63, 3.8) is 0 Å². The van der Waals surface area contributed by atoms with E-state index in [0.717, 1.165) is 22.3 Å². The fourth-order valence-electron chi connectivity index (χ4n) is 3.41. The van der Waals surface area contributed by atoms with Crippen LogP contribution in [0.1, 0.15) is 29.9 Å². The molecule has 0 saturated heterocycles. The van der Waals surface area contributed by atoms with Crippen LogP contribution < -0.4 is 4.90 Å². The standard InChI is InChI=1S/C21H22N2O2/c1-4-22(17-10-6-5-7-11-17)20(25)14-23-15(2)21(16(3)24)18-12-8-9-13-19(18)23/h5-13H,4,14H2,1-3H3. The van der Waals surface area contributed by atoms with Crippen LogP contribution in [0, 0.1) is 6.92 Å². The summed E-state index contributed by atoms with van der Waals surface area (Å²) in [5, 5.41) is 0.906. The van der Waals surface area contributed by atoms with Crippen molar-refractivity contribution in [3.8, 4) is 0 Å². The Bertz CT molecular complexity index is 926. The fourth-order valence-corrected chi connectivity index (χ4v) is 3.41. The van der Waals surface area contributed by atoms with Gasteiger partial charge in [-0.05, 0) is 39.0 Å². The monoisotopic (exact) mass is 334 g/mol. The topological polar surface area (TPSA) is 42.3 Å². The summed E-state index contributed by atoms with van der Waals surface area (Å²) < 4.78 is 1.94. The molecule has 1 heterocycles. The maximum Gasteiger partial charge on any atom is 0.246 e. The zero-order valence-electron chi connectivity index (χ0n) is 14.8. The number of ketones is 1. The Balaban J connectivity index is 2.02. The second kappa shape index (κ2) is 6.93. The number of aromatic nitrogens is 1. The van der Waals surface area contributed by atoms with Crippen LogP contribution >= 0.6 is 0 Å². The molecule has 0 bridgehead atoms. The lowest BCUT2D eigenvalue weighted by molar-refractivity contribution is -0.119. The molecule has 0 unspecified atom stereocenters. The molecule has 3 rings (SSSR count). The minimum Gasteiger partial charge on any atom is -0.335 e. The first kappa shape index (κ1) is 17.0. The first-order valence-corrected chi connectivity index (χ1v) is 8.48. The van der Waals surface area contributed by atoms with Crippen LogP contribution in [0.15, 0.2) is 54.6 Å².